The molecular weight excluding hydrogens is 347 g/mol. The standard InChI is InChI=1S/C18H27ClN2O2.ClH/c1-2-23-17-9-5-4-8-15(17)14(13-22)12-16(20)18(19)21-10-6-3-7-11-21;/h4-5,8-9,13-14,16,18H,2-3,6-7,10-12,20H2,1H3;1H. The maximum absolute atomic E-state index is 11.6. The predicted molar refractivity (Wildman–Crippen MR) is 101 cm³/mol. The van der Waals surface area contributed by atoms with Crippen LogP contribution >= 0.6 is 24.0 Å². The number of para-hydroxylation sites is 1. The molecule has 1 aromatic rings. The van der Waals surface area contributed by atoms with Crippen molar-refractivity contribution in [1.82, 2.24) is 4.90 Å². The van der Waals surface area contributed by atoms with Crippen molar-refractivity contribution >= 4 is 30.3 Å². The molecule has 0 aromatic heterocycles. The van der Waals surface area contributed by atoms with E-state index in [2.05, 4.69) is 4.90 Å². The third-order valence-corrected chi connectivity index (χ3v) is 5.00. The van der Waals surface area contributed by atoms with E-state index in [0.717, 1.165) is 30.7 Å². The second-order valence-electron chi connectivity index (χ2n) is 6.08. The van der Waals surface area contributed by atoms with Crippen LogP contribution in [0.1, 0.15) is 44.1 Å². The molecule has 3 unspecified atom stereocenters. The molecule has 3 atom stereocenters. The topological polar surface area (TPSA) is 55.6 Å². The van der Waals surface area contributed by atoms with E-state index < -0.39 is 0 Å². The van der Waals surface area contributed by atoms with Crippen LogP contribution in [-0.4, -0.2) is 42.4 Å². The molecule has 2 N–H and O–H groups in total. The molecule has 6 heteroatoms. The van der Waals surface area contributed by atoms with Gasteiger partial charge >= 0.3 is 0 Å². The number of alkyl halides is 1. The fourth-order valence-corrected chi connectivity index (χ4v) is 3.47. The largest absolute Gasteiger partial charge is 0.494 e. The van der Waals surface area contributed by atoms with Gasteiger partial charge in [0, 0.05) is 17.5 Å². The zero-order valence-corrected chi connectivity index (χ0v) is 15.8. The van der Waals surface area contributed by atoms with Crippen LogP contribution in [0.4, 0.5) is 0 Å². The number of likely N-dealkylation sites (tertiary alicyclic amines) is 1. The van der Waals surface area contributed by atoms with Crippen molar-refractivity contribution in [2.75, 3.05) is 19.7 Å². The molecule has 24 heavy (non-hydrogen) atoms. The lowest BCUT2D eigenvalue weighted by Gasteiger charge is -2.34. The highest BCUT2D eigenvalue weighted by Crippen LogP contribution is 2.30. The Morgan fingerprint density at radius 1 is 1.29 bits per heavy atom. The second-order valence-corrected chi connectivity index (χ2v) is 6.53. The summed E-state index contributed by atoms with van der Waals surface area (Å²) in [4.78, 5) is 13.9. The number of halogens is 2. The first kappa shape index (κ1) is 21.2. The number of aldehydes is 1. The van der Waals surface area contributed by atoms with Gasteiger partial charge in [0.2, 0.25) is 0 Å². The van der Waals surface area contributed by atoms with Crippen LogP contribution in [0.25, 0.3) is 0 Å². The van der Waals surface area contributed by atoms with Crippen molar-refractivity contribution < 1.29 is 9.53 Å². The minimum absolute atomic E-state index is 0. The van der Waals surface area contributed by atoms with Crippen molar-refractivity contribution in [3.8, 4) is 5.75 Å². The number of piperidine rings is 1. The van der Waals surface area contributed by atoms with Gasteiger partial charge in [-0.2, -0.15) is 0 Å². The number of nitrogens with two attached hydrogens (primary N) is 1. The average molecular weight is 375 g/mol. The summed E-state index contributed by atoms with van der Waals surface area (Å²) in [5.74, 6) is 0.460. The van der Waals surface area contributed by atoms with E-state index in [1.807, 2.05) is 31.2 Å². The number of rotatable bonds is 8. The monoisotopic (exact) mass is 374 g/mol. The van der Waals surface area contributed by atoms with E-state index in [-0.39, 0.29) is 29.9 Å². The van der Waals surface area contributed by atoms with E-state index in [1.54, 1.807) is 0 Å². The Hall–Kier alpha value is -0.810. The summed E-state index contributed by atoms with van der Waals surface area (Å²) in [6.07, 6.45) is 5.07. The highest BCUT2D eigenvalue weighted by atomic mass is 35.5. The van der Waals surface area contributed by atoms with Crippen LogP contribution in [0.5, 0.6) is 5.75 Å². The Labute approximate surface area is 156 Å². The van der Waals surface area contributed by atoms with Crippen molar-refractivity contribution in [1.29, 1.82) is 0 Å². The lowest BCUT2D eigenvalue weighted by Crippen LogP contribution is -2.47. The van der Waals surface area contributed by atoms with E-state index in [9.17, 15) is 4.79 Å². The number of hydrogen-bond donors (Lipinski definition) is 1. The number of carbonyl (C=O) groups is 1. The molecule has 1 aromatic carbocycles. The number of benzene rings is 1. The first-order valence-corrected chi connectivity index (χ1v) is 8.91. The first-order chi connectivity index (χ1) is 11.2. The molecule has 0 bridgehead atoms. The van der Waals surface area contributed by atoms with Crippen molar-refractivity contribution in [3.05, 3.63) is 29.8 Å². The number of ether oxygens (including phenoxy) is 1. The van der Waals surface area contributed by atoms with E-state index in [4.69, 9.17) is 22.1 Å². The molecular formula is C18H28Cl2N2O2. The van der Waals surface area contributed by atoms with Gasteiger partial charge in [-0.3, -0.25) is 4.90 Å². The normalized spacial score (nSPS) is 19.0. The van der Waals surface area contributed by atoms with E-state index in [0.29, 0.717) is 13.0 Å². The Bertz CT molecular complexity index is 496. The molecule has 4 nitrogen and oxygen atoms in total. The van der Waals surface area contributed by atoms with Gasteiger partial charge in [0.25, 0.3) is 0 Å². The Balaban J connectivity index is 0.00000288. The van der Waals surface area contributed by atoms with Crippen LogP contribution in [0.3, 0.4) is 0 Å². The molecule has 0 aliphatic carbocycles. The van der Waals surface area contributed by atoms with Crippen molar-refractivity contribution in [2.45, 2.75) is 50.1 Å². The molecule has 1 aliphatic rings. The van der Waals surface area contributed by atoms with Gasteiger partial charge in [-0.1, -0.05) is 24.6 Å². The Morgan fingerprint density at radius 2 is 1.96 bits per heavy atom. The molecule has 0 spiro atoms. The minimum atomic E-state index is -0.293. The summed E-state index contributed by atoms with van der Waals surface area (Å²) in [5, 5.41) is 0. The highest BCUT2D eigenvalue weighted by molar-refractivity contribution is 6.20. The van der Waals surface area contributed by atoms with Gasteiger partial charge in [-0.05, 0) is 45.3 Å². The maximum Gasteiger partial charge on any atom is 0.127 e. The zero-order chi connectivity index (χ0) is 16.7. The lowest BCUT2D eigenvalue weighted by molar-refractivity contribution is -0.109. The molecule has 1 aliphatic heterocycles. The van der Waals surface area contributed by atoms with Crippen LogP contribution in [0.15, 0.2) is 24.3 Å². The van der Waals surface area contributed by atoms with Gasteiger partial charge < -0.3 is 15.3 Å². The fourth-order valence-electron chi connectivity index (χ4n) is 3.17. The molecule has 0 amide bonds. The lowest BCUT2D eigenvalue weighted by atomic mass is 9.92. The second kappa shape index (κ2) is 10.9. The average Bonchev–Trinajstić information content (AvgIpc) is 2.60. The minimum Gasteiger partial charge on any atom is -0.494 e. The highest BCUT2D eigenvalue weighted by Gasteiger charge is 2.27. The van der Waals surface area contributed by atoms with Gasteiger partial charge in [-0.15, -0.1) is 24.0 Å². The third-order valence-electron chi connectivity index (χ3n) is 4.40. The van der Waals surface area contributed by atoms with Crippen LogP contribution in [0.2, 0.25) is 0 Å². The molecule has 0 radical (unpaired) electrons. The summed E-state index contributed by atoms with van der Waals surface area (Å²) in [5.41, 5.74) is 6.98. The molecule has 0 saturated carbocycles. The molecule has 1 heterocycles. The summed E-state index contributed by atoms with van der Waals surface area (Å²) in [6.45, 7) is 4.48. The quantitative estimate of drug-likeness (QED) is 0.429. The molecule has 2 rings (SSSR count). The Morgan fingerprint density at radius 3 is 2.58 bits per heavy atom. The van der Waals surface area contributed by atoms with E-state index >= 15 is 0 Å². The first-order valence-electron chi connectivity index (χ1n) is 8.48. The van der Waals surface area contributed by atoms with Crippen LogP contribution in [0, 0.1) is 0 Å². The van der Waals surface area contributed by atoms with Gasteiger partial charge in [0.15, 0.2) is 0 Å². The predicted octanol–water partition coefficient (Wildman–Crippen LogP) is 3.56. The zero-order valence-electron chi connectivity index (χ0n) is 14.2. The van der Waals surface area contributed by atoms with Gasteiger partial charge in [-0.25, -0.2) is 0 Å². The van der Waals surface area contributed by atoms with E-state index in [1.165, 1.54) is 19.3 Å². The molecule has 136 valence electrons. The molecule has 1 fully saturated rings. The fraction of sp³-hybridized carbons (Fsp3) is 0.611. The summed E-state index contributed by atoms with van der Waals surface area (Å²) >= 11 is 6.55. The summed E-state index contributed by atoms with van der Waals surface area (Å²) in [6, 6.07) is 7.40. The number of hydrogen-bond acceptors (Lipinski definition) is 4. The number of nitrogens with zero attached hydrogens (tertiary/aromatic N) is 1. The molecule has 1 saturated heterocycles. The van der Waals surface area contributed by atoms with Crippen LogP contribution < -0.4 is 10.5 Å². The third kappa shape index (κ3) is 5.62. The SMILES string of the molecule is CCOc1ccccc1C(C=O)CC(N)C(Cl)N1CCCCC1.Cl. The number of carbonyl (C=O) groups excluding carboxylic acids is 1. The van der Waals surface area contributed by atoms with Gasteiger partial charge in [0.05, 0.1) is 6.61 Å². The summed E-state index contributed by atoms with van der Waals surface area (Å²) in [7, 11) is 0. The summed E-state index contributed by atoms with van der Waals surface area (Å²) < 4.78 is 5.64. The smallest absolute Gasteiger partial charge is 0.127 e. The maximum atomic E-state index is 11.6. The van der Waals surface area contributed by atoms with Crippen molar-refractivity contribution in [2.24, 2.45) is 5.73 Å². The van der Waals surface area contributed by atoms with Crippen LogP contribution in [-0.2, 0) is 4.79 Å². The van der Waals surface area contributed by atoms with Crippen molar-refractivity contribution in [3.63, 3.8) is 0 Å². The Kier molecular flexibility index (Phi) is 9.67. The van der Waals surface area contributed by atoms with Gasteiger partial charge in [0.1, 0.15) is 17.5 Å².